The van der Waals surface area contributed by atoms with Crippen molar-refractivity contribution < 1.29 is 10.0 Å². The molecule has 1 aliphatic rings. The van der Waals surface area contributed by atoms with Crippen LogP contribution in [0, 0.1) is 16.0 Å². The molecular weight excluding hydrogens is 366 g/mol. The highest BCUT2D eigenvalue weighted by molar-refractivity contribution is 5.86. The van der Waals surface area contributed by atoms with Crippen LogP contribution in [0.2, 0.25) is 0 Å². The van der Waals surface area contributed by atoms with Crippen LogP contribution in [0.15, 0.2) is 78.5 Å². The summed E-state index contributed by atoms with van der Waals surface area (Å²) >= 11 is 0. The van der Waals surface area contributed by atoms with Gasteiger partial charge in [-0.1, -0.05) is 43.4 Å². The molecule has 146 valence electrons. The number of nitrogens with one attached hydrogen (secondary N) is 1. The third-order valence-corrected chi connectivity index (χ3v) is 5.16. The van der Waals surface area contributed by atoms with Gasteiger partial charge in [-0.25, -0.2) is 0 Å². The van der Waals surface area contributed by atoms with E-state index in [9.17, 15) is 15.2 Å². The quantitative estimate of drug-likeness (QED) is 0.444. The molecule has 0 saturated carbocycles. The summed E-state index contributed by atoms with van der Waals surface area (Å²) in [6, 6.07) is 13.6. The summed E-state index contributed by atoms with van der Waals surface area (Å²) in [5.41, 5.74) is 3.06. The van der Waals surface area contributed by atoms with Crippen molar-refractivity contribution in [3.05, 3.63) is 94.2 Å². The maximum absolute atomic E-state index is 11.0. The smallest absolute Gasteiger partial charge is 0.269 e. The van der Waals surface area contributed by atoms with Gasteiger partial charge in [0.1, 0.15) is 11.3 Å². The number of hydrogen-bond donors (Lipinski definition) is 2. The van der Waals surface area contributed by atoms with Crippen molar-refractivity contribution in [1.82, 2.24) is 4.98 Å². The lowest BCUT2D eigenvalue weighted by molar-refractivity contribution is -0.384. The predicted octanol–water partition coefficient (Wildman–Crippen LogP) is 5.52. The van der Waals surface area contributed by atoms with Crippen LogP contribution < -0.4 is 5.32 Å². The Hall–Kier alpha value is -3.67. The molecule has 0 spiro atoms. The van der Waals surface area contributed by atoms with E-state index in [-0.39, 0.29) is 17.5 Å². The molecule has 0 bridgehead atoms. The summed E-state index contributed by atoms with van der Waals surface area (Å²) in [4.78, 5) is 14.8. The Kier molecular flexibility index (Phi) is 4.99. The molecular formula is C23H21N3O3. The molecule has 6 heteroatoms. The van der Waals surface area contributed by atoms with Crippen LogP contribution in [0.5, 0.6) is 5.75 Å². The van der Waals surface area contributed by atoms with E-state index in [1.807, 2.05) is 24.3 Å². The number of rotatable bonds is 5. The molecule has 4 rings (SSSR count). The summed E-state index contributed by atoms with van der Waals surface area (Å²) in [7, 11) is 0. The maximum atomic E-state index is 11.0. The number of non-ortho nitro benzene ring substituents is 1. The minimum Gasteiger partial charge on any atom is -0.505 e. The number of pyridine rings is 1. The van der Waals surface area contributed by atoms with Gasteiger partial charge in [-0.2, -0.15) is 0 Å². The van der Waals surface area contributed by atoms with Crippen LogP contribution in [0.3, 0.4) is 0 Å². The van der Waals surface area contributed by atoms with Crippen molar-refractivity contribution in [2.45, 2.75) is 19.4 Å². The first-order chi connectivity index (χ1) is 14.0. The van der Waals surface area contributed by atoms with Crippen LogP contribution in [0.25, 0.3) is 10.9 Å². The van der Waals surface area contributed by atoms with Gasteiger partial charge in [-0.05, 0) is 36.1 Å². The van der Waals surface area contributed by atoms with E-state index in [1.165, 1.54) is 12.1 Å². The SMILES string of the molecule is CC1C=CC(C(Nc2ccc([N+](=O)[O-])cc2)c2ccc3cccnc3c2O)=CC1. The molecule has 2 unspecified atom stereocenters. The third kappa shape index (κ3) is 3.82. The molecule has 1 aliphatic carbocycles. The van der Waals surface area contributed by atoms with Crippen molar-refractivity contribution in [3.8, 4) is 5.75 Å². The second kappa shape index (κ2) is 7.75. The topological polar surface area (TPSA) is 88.3 Å². The molecule has 29 heavy (non-hydrogen) atoms. The fourth-order valence-electron chi connectivity index (χ4n) is 3.52. The Balaban J connectivity index is 1.76. The highest BCUT2D eigenvalue weighted by Crippen LogP contribution is 2.38. The zero-order valence-electron chi connectivity index (χ0n) is 15.9. The molecule has 0 aliphatic heterocycles. The zero-order chi connectivity index (χ0) is 20.4. The zero-order valence-corrected chi connectivity index (χ0v) is 15.9. The maximum Gasteiger partial charge on any atom is 0.269 e. The van der Waals surface area contributed by atoms with E-state index < -0.39 is 4.92 Å². The summed E-state index contributed by atoms with van der Waals surface area (Å²) in [5.74, 6) is 0.598. The molecule has 0 amide bonds. The first-order valence-electron chi connectivity index (χ1n) is 9.49. The van der Waals surface area contributed by atoms with E-state index in [4.69, 9.17) is 0 Å². The van der Waals surface area contributed by atoms with Crippen molar-refractivity contribution in [2.75, 3.05) is 5.32 Å². The van der Waals surface area contributed by atoms with Gasteiger partial charge in [0.2, 0.25) is 0 Å². The minimum atomic E-state index is -0.421. The number of fused-ring (bicyclic) bond motifs is 1. The summed E-state index contributed by atoms with van der Waals surface area (Å²) in [6.45, 7) is 2.15. The average Bonchev–Trinajstić information content (AvgIpc) is 2.74. The number of nitro groups is 1. The summed E-state index contributed by atoms with van der Waals surface area (Å²) in [5, 5.41) is 26.2. The number of phenolic OH excluding ortho intramolecular Hbond substituents is 1. The normalized spacial score (nSPS) is 17.0. The average molecular weight is 387 g/mol. The summed E-state index contributed by atoms with van der Waals surface area (Å²) in [6.07, 6.45) is 8.95. The molecule has 6 nitrogen and oxygen atoms in total. The van der Waals surface area contributed by atoms with Gasteiger partial charge in [0.05, 0.1) is 11.0 Å². The fourth-order valence-corrected chi connectivity index (χ4v) is 3.52. The molecule has 0 radical (unpaired) electrons. The second-order valence-electron chi connectivity index (χ2n) is 7.24. The molecule has 0 saturated heterocycles. The number of anilines is 1. The predicted molar refractivity (Wildman–Crippen MR) is 114 cm³/mol. The van der Waals surface area contributed by atoms with Gasteiger partial charge in [-0.15, -0.1) is 0 Å². The Bertz CT molecular complexity index is 1120. The van der Waals surface area contributed by atoms with E-state index in [0.29, 0.717) is 17.0 Å². The number of nitrogens with zero attached hydrogens (tertiary/aromatic N) is 2. The van der Waals surface area contributed by atoms with Crippen molar-refractivity contribution in [2.24, 2.45) is 5.92 Å². The number of hydrogen-bond acceptors (Lipinski definition) is 5. The number of aromatic nitrogens is 1. The van der Waals surface area contributed by atoms with Gasteiger partial charge in [0, 0.05) is 35.0 Å². The van der Waals surface area contributed by atoms with Gasteiger partial charge in [0.15, 0.2) is 0 Å². The molecule has 2 aromatic carbocycles. The fraction of sp³-hybridized carbons (Fsp3) is 0.174. The molecule has 1 heterocycles. The van der Waals surface area contributed by atoms with Gasteiger partial charge in [-0.3, -0.25) is 15.1 Å². The van der Waals surface area contributed by atoms with Crippen molar-refractivity contribution >= 4 is 22.3 Å². The lowest BCUT2D eigenvalue weighted by atomic mass is 9.89. The lowest BCUT2D eigenvalue weighted by Crippen LogP contribution is -2.15. The summed E-state index contributed by atoms with van der Waals surface area (Å²) < 4.78 is 0. The lowest BCUT2D eigenvalue weighted by Gasteiger charge is -2.25. The number of benzene rings is 2. The Labute approximate surface area is 168 Å². The van der Waals surface area contributed by atoms with Crippen molar-refractivity contribution in [3.63, 3.8) is 0 Å². The van der Waals surface area contributed by atoms with E-state index >= 15 is 0 Å². The monoisotopic (exact) mass is 387 g/mol. The second-order valence-corrected chi connectivity index (χ2v) is 7.24. The molecule has 2 N–H and O–H groups in total. The molecule has 0 fully saturated rings. The molecule has 3 aromatic rings. The highest BCUT2D eigenvalue weighted by atomic mass is 16.6. The third-order valence-electron chi connectivity index (χ3n) is 5.16. The standard InChI is InChI=1S/C23H21N3O3/c1-15-4-6-17(7-5-15)21(25-18-9-11-19(12-10-18)26(28)29)20-13-8-16-3-2-14-24-22(16)23(20)27/h2-4,6-15,21,25,27H,5H2,1H3. The number of allylic oxidation sites excluding steroid dienone is 2. The molecule has 1 aromatic heterocycles. The van der Waals surface area contributed by atoms with E-state index in [1.54, 1.807) is 18.3 Å². The number of aromatic hydroxyl groups is 1. The number of phenols is 1. The van der Waals surface area contributed by atoms with Crippen LogP contribution in [0.1, 0.15) is 24.9 Å². The molecule has 2 atom stereocenters. The van der Waals surface area contributed by atoms with Crippen molar-refractivity contribution in [1.29, 1.82) is 0 Å². The highest BCUT2D eigenvalue weighted by Gasteiger charge is 2.22. The van der Waals surface area contributed by atoms with Gasteiger partial charge in [0.25, 0.3) is 5.69 Å². The Morgan fingerprint density at radius 1 is 1.21 bits per heavy atom. The first-order valence-corrected chi connectivity index (χ1v) is 9.49. The Morgan fingerprint density at radius 3 is 2.69 bits per heavy atom. The first kappa shape index (κ1) is 18.7. The van der Waals surface area contributed by atoms with Crippen LogP contribution in [0.4, 0.5) is 11.4 Å². The van der Waals surface area contributed by atoms with Crippen LogP contribution >= 0.6 is 0 Å². The minimum absolute atomic E-state index is 0.0375. The van der Waals surface area contributed by atoms with E-state index in [2.05, 4.69) is 35.5 Å². The van der Waals surface area contributed by atoms with Crippen LogP contribution in [-0.4, -0.2) is 15.0 Å². The largest absolute Gasteiger partial charge is 0.505 e. The van der Waals surface area contributed by atoms with E-state index in [0.717, 1.165) is 23.1 Å². The van der Waals surface area contributed by atoms with Gasteiger partial charge >= 0.3 is 0 Å². The van der Waals surface area contributed by atoms with Gasteiger partial charge < -0.3 is 10.4 Å². The number of nitro benzene ring substituents is 1. The Morgan fingerprint density at radius 2 is 2.00 bits per heavy atom. The van der Waals surface area contributed by atoms with Crippen LogP contribution in [-0.2, 0) is 0 Å².